The Kier molecular flexibility index (Phi) is 1.49. The highest BCUT2D eigenvalue weighted by Gasteiger charge is 2.13. The zero-order valence-electron chi connectivity index (χ0n) is 6.36. The molecule has 0 aromatic carbocycles. The summed E-state index contributed by atoms with van der Waals surface area (Å²) in [5.74, 6) is 0. The summed E-state index contributed by atoms with van der Waals surface area (Å²) in [6.07, 6.45) is 4.94. The number of aromatic nitrogens is 2. The van der Waals surface area contributed by atoms with Crippen LogP contribution in [0.5, 0.6) is 0 Å². The maximum atomic E-state index is 11.1. The van der Waals surface area contributed by atoms with Crippen LogP contribution < -0.4 is 4.54 Å². The first kappa shape index (κ1) is 6.58. The van der Waals surface area contributed by atoms with Crippen molar-refractivity contribution in [1.82, 2.24) is 4.68 Å². The van der Waals surface area contributed by atoms with Gasteiger partial charge in [-0.3, -0.25) is 0 Å². The van der Waals surface area contributed by atoms with Gasteiger partial charge in [-0.1, -0.05) is 0 Å². The van der Waals surface area contributed by atoms with Crippen molar-refractivity contribution in [2.45, 2.75) is 25.8 Å². The molecule has 58 valence electrons. The van der Waals surface area contributed by atoms with Crippen LogP contribution in [0.3, 0.4) is 0 Å². The fourth-order valence-corrected chi connectivity index (χ4v) is 1.54. The molecule has 0 saturated heterocycles. The minimum Gasteiger partial charge on any atom is -0.107 e. The maximum Gasteiger partial charge on any atom is 0.257 e. The number of aryl methyl sites for hydroxylation is 1. The van der Waals surface area contributed by atoms with Crippen molar-refractivity contribution >= 4 is 0 Å². The van der Waals surface area contributed by atoms with Crippen LogP contribution in [-0.2, 0) is 13.0 Å². The molecule has 0 aliphatic carbocycles. The van der Waals surface area contributed by atoms with Crippen molar-refractivity contribution in [3.8, 4) is 0 Å². The van der Waals surface area contributed by atoms with Crippen LogP contribution in [0.1, 0.15) is 18.5 Å². The summed E-state index contributed by atoms with van der Waals surface area (Å²) in [4.78, 5) is 11.1. The number of fused-ring (bicyclic) bond motifs is 1. The molecule has 2 rings (SSSR count). The Morgan fingerprint density at radius 2 is 2.36 bits per heavy atom. The van der Waals surface area contributed by atoms with Crippen LogP contribution in [-0.4, -0.2) is 4.68 Å². The lowest BCUT2D eigenvalue weighted by Gasteiger charge is -2.10. The summed E-state index contributed by atoms with van der Waals surface area (Å²) in [6, 6.07) is 3.83. The molecule has 1 aliphatic rings. The van der Waals surface area contributed by atoms with Crippen LogP contribution in [0.4, 0.5) is 0 Å². The molecule has 0 radical (unpaired) electrons. The predicted molar refractivity (Wildman–Crippen MR) is 40.7 cm³/mol. The van der Waals surface area contributed by atoms with Crippen molar-refractivity contribution in [1.29, 1.82) is 0 Å². The van der Waals surface area contributed by atoms with Gasteiger partial charge in [-0.25, -0.2) is 0 Å². The van der Waals surface area contributed by atoms with Crippen LogP contribution in [0.15, 0.2) is 18.3 Å². The molecule has 0 spiro atoms. The van der Waals surface area contributed by atoms with E-state index in [0.29, 0.717) is 0 Å². The van der Waals surface area contributed by atoms with Gasteiger partial charge in [0.05, 0.1) is 17.1 Å². The van der Waals surface area contributed by atoms with E-state index in [1.54, 1.807) is 10.9 Å². The van der Waals surface area contributed by atoms with Crippen LogP contribution >= 0.6 is 0 Å². The van der Waals surface area contributed by atoms with E-state index in [1.165, 1.54) is 6.42 Å². The van der Waals surface area contributed by atoms with Crippen molar-refractivity contribution in [3.63, 3.8) is 0 Å². The molecule has 2 heterocycles. The quantitative estimate of drug-likeness (QED) is 0.502. The maximum absolute atomic E-state index is 11.1. The third-order valence-electron chi connectivity index (χ3n) is 2.12. The first-order chi connectivity index (χ1) is 5.38. The summed E-state index contributed by atoms with van der Waals surface area (Å²) >= 11 is 0. The Labute approximate surface area is 64.9 Å². The third kappa shape index (κ3) is 1.06. The molecule has 1 aromatic rings. The van der Waals surface area contributed by atoms with E-state index in [9.17, 15) is 4.91 Å². The molecule has 0 fully saturated rings. The molecule has 0 bridgehead atoms. The summed E-state index contributed by atoms with van der Waals surface area (Å²) in [6.45, 7) is 0.875. The van der Waals surface area contributed by atoms with Gasteiger partial charge < -0.3 is 0 Å². The van der Waals surface area contributed by atoms with Gasteiger partial charge in [-0.15, -0.1) is 4.68 Å². The topological polar surface area (TPSA) is 27.9 Å². The first-order valence-electron chi connectivity index (χ1n) is 3.99. The van der Waals surface area contributed by atoms with Gasteiger partial charge in [0.1, 0.15) is 0 Å². The van der Waals surface area contributed by atoms with E-state index in [2.05, 4.69) is 0 Å². The number of hydrogen-bond acceptors (Lipinski definition) is 1. The molecule has 0 N–H and O–H groups in total. The largest absolute Gasteiger partial charge is 0.257 e. The highest BCUT2D eigenvalue weighted by molar-refractivity contribution is 5.00. The second-order valence-corrected chi connectivity index (χ2v) is 2.88. The zero-order valence-corrected chi connectivity index (χ0v) is 6.36. The summed E-state index contributed by atoms with van der Waals surface area (Å²) in [5, 5.41) is 0. The molecule has 0 unspecified atom stereocenters. The van der Waals surface area contributed by atoms with Gasteiger partial charge in [0.25, 0.3) is 6.20 Å². The lowest BCUT2D eigenvalue weighted by Crippen LogP contribution is -2.34. The Morgan fingerprint density at radius 3 is 3.18 bits per heavy atom. The van der Waals surface area contributed by atoms with E-state index in [4.69, 9.17) is 0 Å². The first-order valence-corrected chi connectivity index (χ1v) is 3.99. The van der Waals surface area contributed by atoms with Crippen LogP contribution in [0.25, 0.3) is 0 Å². The SMILES string of the molecule is O=[n+]1cccc2n1CCCC2. The molecular weight excluding hydrogens is 140 g/mol. The van der Waals surface area contributed by atoms with Gasteiger partial charge in [0.15, 0.2) is 4.54 Å². The molecule has 1 aromatic heterocycles. The highest BCUT2D eigenvalue weighted by atomic mass is 16.3. The van der Waals surface area contributed by atoms with Gasteiger partial charge in [0, 0.05) is 6.07 Å². The predicted octanol–water partition coefficient (Wildman–Crippen LogP) is 0.739. The van der Waals surface area contributed by atoms with Gasteiger partial charge in [-0.2, -0.15) is 0 Å². The second-order valence-electron chi connectivity index (χ2n) is 2.88. The fraction of sp³-hybridized carbons (Fsp3) is 0.500. The minimum atomic E-state index is 0.875. The van der Waals surface area contributed by atoms with E-state index in [1.807, 2.05) is 12.1 Å². The van der Waals surface area contributed by atoms with Crippen molar-refractivity contribution < 1.29 is 4.54 Å². The van der Waals surface area contributed by atoms with Crippen LogP contribution in [0, 0.1) is 4.91 Å². The molecule has 11 heavy (non-hydrogen) atoms. The van der Waals surface area contributed by atoms with Crippen molar-refractivity contribution in [3.05, 3.63) is 28.9 Å². The minimum absolute atomic E-state index is 0.875. The molecule has 3 heteroatoms. The van der Waals surface area contributed by atoms with Crippen LogP contribution in [0.2, 0.25) is 0 Å². The molecular formula is C8H11N2O+. The number of rotatable bonds is 0. The zero-order chi connectivity index (χ0) is 7.68. The highest BCUT2D eigenvalue weighted by Crippen LogP contribution is 2.09. The molecule has 1 aliphatic heterocycles. The van der Waals surface area contributed by atoms with Gasteiger partial charge in [-0.05, 0) is 25.3 Å². The Morgan fingerprint density at radius 1 is 1.45 bits per heavy atom. The average molecular weight is 151 g/mol. The molecule has 0 saturated carbocycles. The number of hydrogen-bond donors (Lipinski definition) is 0. The monoisotopic (exact) mass is 151 g/mol. The van der Waals surface area contributed by atoms with Gasteiger partial charge in [0.2, 0.25) is 0 Å². The Balaban J connectivity index is 2.58. The Hall–Kier alpha value is -1.12. The standard InChI is InChI=1S/C8H11N2O/c11-10-7-3-5-8-4-1-2-6-9(8)10/h3,5,7H,1-2,4,6H2/q+1. The Bertz CT molecular complexity index is 316. The van der Waals surface area contributed by atoms with Crippen molar-refractivity contribution in [2.75, 3.05) is 0 Å². The normalized spacial score (nSPS) is 16.0. The smallest absolute Gasteiger partial charge is 0.107 e. The van der Waals surface area contributed by atoms with E-state index in [-0.39, 0.29) is 0 Å². The fourth-order valence-electron chi connectivity index (χ4n) is 1.54. The van der Waals surface area contributed by atoms with E-state index in [0.717, 1.165) is 29.6 Å². The van der Waals surface area contributed by atoms with E-state index >= 15 is 0 Å². The second kappa shape index (κ2) is 2.49. The van der Waals surface area contributed by atoms with E-state index < -0.39 is 0 Å². The average Bonchev–Trinajstić information content (AvgIpc) is 2.06. The summed E-state index contributed by atoms with van der Waals surface area (Å²) in [7, 11) is 0. The molecule has 0 atom stereocenters. The summed E-state index contributed by atoms with van der Waals surface area (Å²) < 4.78 is 2.72. The summed E-state index contributed by atoms with van der Waals surface area (Å²) in [5.41, 5.74) is 1.16. The van der Waals surface area contributed by atoms with Gasteiger partial charge >= 0.3 is 0 Å². The van der Waals surface area contributed by atoms with Crippen molar-refractivity contribution in [2.24, 2.45) is 0 Å². The molecule has 0 amide bonds. The lowest BCUT2D eigenvalue weighted by molar-refractivity contribution is -0.601. The lowest BCUT2D eigenvalue weighted by atomic mass is 10.1. The third-order valence-corrected chi connectivity index (χ3v) is 2.12. The number of nitrogens with zero attached hydrogens (tertiary/aromatic N) is 2. The molecule has 3 nitrogen and oxygen atoms in total.